The molecule has 0 bridgehead atoms. The summed E-state index contributed by atoms with van der Waals surface area (Å²) in [6.07, 6.45) is 0.862. The number of aromatic nitrogens is 2. The molecule has 3 amide bonds. The van der Waals surface area contributed by atoms with Gasteiger partial charge in [-0.15, -0.1) is 0 Å². The van der Waals surface area contributed by atoms with Crippen molar-refractivity contribution in [3.05, 3.63) is 40.3 Å². The van der Waals surface area contributed by atoms with Gasteiger partial charge in [0.15, 0.2) is 9.84 Å². The molecule has 2 saturated carbocycles. The lowest BCUT2D eigenvalue weighted by Gasteiger charge is -2.32. The first kappa shape index (κ1) is 32.0. The summed E-state index contributed by atoms with van der Waals surface area (Å²) in [7, 11) is -1.99. The van der Waals surface area contributed by atoms with Crippen LogP contribution in [0.2, 0.25) is 5.02 Å². The topological polar surface area (TPSA) is 188 Å². The molecule has 13 nitrogen and oxygen atoms in total. The number of nitrogens with zero attached hydrogens (tertiary/aromatic N) is 4. The number of rotatable bonds is 9. The Morgan fingerprint density at radius 1 is 1.23 bits per heavy atom. The van der Waals surface area contributed by atoms with Crippen LogP contribution < -0.4 is 11.1 Å². The molecule has 1 aliphatic heterocycles. The number of halogens is 2. The monoisotopic (exact) mass is 654 g/mol. The van der Waals surface area contributed by atoms with Crippen LogP contribution in [-0.4, -0.2) is 99.4 Å². The molecule has 0 spiro atoms. The summed E-state index contributed by atoms with van der Waals surface area (Å²) < 4.78 is 40.9. The molecule has 1 saturated heterocycles. The molecule has 2 heterocycles. The lowest BCUT2D eigenvalue weighted by molar-refractivity contribution is -0.135. The lowest BCUT2D eigenvalue weighted by Crippen LogP contribution is -2.52. The van der Waals surface area contributed by atoms with E-state index in [2.05, 4.69) is 10.4 Å². The van der Waals surface area contributed by atoms with Crippen molar-refractivity contribution in [1.82, 2.24) is 19.6 Å². The molecule has 5 N–H and O–H groups in total. The van der Waals surface area contributed by atoms with E-state index in [-0.39, 0.29) is 84.2 Å². The first-order valence-electron chi connectivity index (χ1n) is 14.4. The number of nitrogens with one attached hydrogen (secondary N) is 1. The van der Waals surface area contributed by atoms with Crippen LogP contribution in [0.1, 0.15) is 54.1 Å². The summed E-state index contributed by atoms with van der Waals surface area (Å²) >= 11 is 5.85. The van der Waals surface area contributed by atoms with Gasteiger partial charge in [-0.05, 0) is 62.1 Å². The van der Waals surface area contributed by atoms with Crippen molar-refractivity contribution in [1.29, 1.82) is 0 Å². The highest BCUT2D eigenvalue weighted by Crippen LogP contribution is 2.54. The third-order valence-corrected chi connectivity index (χ3v) is 11.2. The van der Waals surface area contributed by atoms with Gasteiger partial charge in [0.25, 0.3) is 5.91 Å². The predicted octanol–water partition coefficient (Wildman–Crippen LogP) is 2.31. The van der Waals surface area contributed by atoms with Gasteiger partial charge in [-0.2, -0.15) is 5.10 Å². The van der Waals surface area contributed by atoms with Crippen molar-refractivity contribution >= 4 is 50.9 Å². The second-order valence-electron chi connectivity index (χ2n) is 12.2. The number of sulfone groups is 1. The fourth-order valence-electron chi connectivity index (χ4n) is 7.02. The van der Waals surface area contributed by atoms with Gasteiger partial charge in [-0.25, -0.2) is 17.6 Å². The average Bonchev–Trinajstić information content (AvgIpc) is 3.55. The molecule has 44 heavy (non-hydrogen) atoms. The van der Waals surface area contributed by atoms with Gasteiger partial charge in [0.05, 0.1) is 27.8 Å². The van der Waals surface area contributed by atoms with Crippen LogP contribution in [0.15, 0.2) is 18.2 Å². The zero-order valence-electron chi connectivity index (χ0n) is 24.2. The fourth-order valence-corrected chi connectivity index (χ4v) is 8.97. The number of carboxylic acid groups (broad SMARTS) is 1. The first-order valence-corrected chi connectivity index (χ1v) is 16.6. The van der Waals surface area contributed by atoms with E-state index in [0.717, 1.165) is 11.0 Å². The number of amides is 3. The maximum Gasteiger partial charge on any atom is 0.407 e. The SMILES string of the molecule is Cn1nc(C2CC3CC(O)(CS(=O)(=O)CCCN4CCN(C(=O)O)CC4=O)CC3C2)c(C(=O)Nc2ccc(F)c(Cl)c2)c1N. The third kappa shape index (κ3) is 6.79. The number of aliphatic hydroxyl groups is 1. The van der Waals surface area contributed by atoms with E-state index in [0.29, 0.717) is 37.1 Å². The number of nitrogen functional groups attached to an aromatic ring is 1. The largest absolute Gasteiger partial charge is 0.465 e. The van der Waals surface area contributed by atoms with E-state index in [1.165, 1.54) is 21.7 Å². The van der Waals surface area contributed by atoms with Crippen molar-refractivity contribution in [2.75, 3.05) is 48.7 Å². The summed E-state index contributed by atoms with van der Waals surface area (Å²) in [5, 5.41) is 27.4. The van der Waals surface area contributed by atoms with Gasteiger partial charge in [0, 0.05) is 38.3 Å². The minimum atomic E-state index is -3.63. The Morgan fingerprint density at radius 2 is 1.91 bits per heavy atom. The Kier molecular flexibility index (Phi) is 8.84. The standard InChI is InChI=1S/C28H36ClFN6O7S/c1-34-25(31)23(26(38)32-19-3-4-21(30)20(29)11-19)24(33-34)16-9-17-12-28(41,13-18(17)10-16)15-44(42,43)8-2-5-35-6-7-36(27(39)40)14-22(35)37/h3-4,11,16-18,41H,2,5-10,12-15,31H2,1H3,(H,32,38)(H,39,40). The van der Waals surface area contributed by atoms with E-state index in [4.69, 9.17) is 22.4 Å². The summed E-state index contributed by atoms with van der Waals surface area (Å²) in [6.45, 7) is 0.351. The minimum absolute atomic E-state index is 0.0402. The predicted molar refractivity (Wildman–Crippen MR) is 160 cm³/mol. The molecule has 2 atom stereocenters. The van der Waals surface area contributed by atoms with Crippen LogP contribution in [0.3, 0.4) is 0 Å². The second kappa shape index (κ2) is 12.2. The third-order valence-electron chi connectivity index (χ3n) is 9.00. The van der Waals surface area contributed by atoms with Crippen LogP contribution in [-0.2, 0) is 21.7 Å². The average molecular weight is 655 g/mol. The summed E-state index contributed by atoms with van der Waals surface area (Å²) in [6, 6.07) is 3.84. The van der Waals surface area contributed by atoms with Crippen LogP contribution >= 0.6 is 11.6 Å². The van der Waals surface area contributed by atoms with Crippen molar-refractivity contribution in [2.24, 2.45) is 18.9 Å². The van der Waals surface area contributed by atoms with Crippen molar-refractivity contribution < 1.29 is 37.4 Å². The maximum absolute atomic E-state index is 13.6. The van der Waals surface area contributed by atoms with E-state index in [1.807, 2.05) is 0 Å². The van der Waals surface area contributed by atoms with E-state index in [1.54, 1.807) is 7.05 Å². The number of benzene rings is 1. The van der Waals surface area contributed by atoms with E-state index < -0.39 is 33.3 Å². The molecule has 3 fully saturated rings. The van der Waals surface area contributed by atoms with Crippen LogP contribution in [0.4, 0.5) is 20.7 Å². The molecule has 240 valence electrons. The zero-order valence-corrected chi connectivity index (χ0v) is 25.8. The molecular formula is C28H36ClFN6O7S. The smallest absolute Gasteiger partial charge is 0.407 e. The van der Waals surface area contributed by atoms with Crippen molar-refractivity contribution in [3.63, 3.8) is 0 Å². The molecule has 3 aliphatic rings. The van der Waals surface area contributed by atoms with E-state index >= 15 is 0 Å². The Hall–Kier alpha value is -3.43. The number of hydrogen-bond acceptors (Lipinski definition) is 8. The van der Waals surface area contributed by atoms with Gasteiger partial charge < -0.3 is 26.2 Å². The minimum Gasteiger partial charge on any atom is -0.465 e. The molecule has 2 aliphatic carbocycles. The summed E-state index contributed by atoms with van der Waals surface area (Å²) in [5.74, 6) is -1.89. The van der Waals surface area contributed by atoms with Crippen LogP contribution in [0.5, 0.6) is 0 Å². The molecule has 1 aromatic heterocycles. The fraction of sp³-hybridized carbons (Fsp3) is 0.571. The first-order chi connectivity index (χ1) is 20.6. The molecule has 2 aromatic rings. The van der Waals surface area contributed by atoms with Gasteiger partial charge in [-0.1, -0.05) is 11.6 Å². The van der Waals surface area contributed by atoms with Crippen LogP contribution in [0, 0.1) is 17.7 Å². The zero-order chi connectivity index (χ0) is 32.0. The van der Waals surface area contributed by atoms with Gasteiger partial charge >= 0.3 is 6.09 Å². The number of carbonyl (C=O) groups excluding carboxylic acids is 2. The van der Waals surface area contributed by atoms with Gasteiger partial charge in [0.2, 0.25) is 5.91 Å². The molecule has 2 unspecified atom stereocenters. The lowest BCUT2D eigenvalue weighted by atomic mass is 9.92. The molecule has 1 aromatic carbocycles. The highest BCUT2D eigenvalue weighted by atomic mass is 35.5. The number of carbonyl (C=O) groups is 3. The van der Waals surface area contributed by atoms with Crippen LogP contribution in [0.25, 0.3) is 0 Å². The highest BCUT2D eigenvalue weighted by Gasteiger charge is 2.51. The highest BCUT2D eigenvalue weighted by molar-refractivity contribution is 7.91. The number of piperazine rings is 1. The van der Waals surface area contributed by atoms with Crippen molar-refractivity contribution in [2.45, 2.75) is 43.6 Å². The Labute approximate surface area is 259 Å². The molecule has 16 heteroatoms. The number of anilines is 2. The van der Waals surface area contributed by atoms with E-state index in [9.17, 15) is 32.3 Å². The Morgan fingerprint density at radius 3 is 2.52 bits per heavy atom. The normalized spacial score (nSPS) is 25.4. The number of nitrogens with two attached hydrogens (primary N) is 1. The number of hydrogen-bond donors (Lipinski definition) is 4. The quantitative estimate of drug-likeness (QED) is 0.315. The molecular weight excluding hydrogens is 619 g/mol. The Bertz CT molecular complexity index is 1570. The van der Waals surface area contributed by atoms with Gasteiger partial charge in [-0.3, -0.25) is 19.2 Å². The second-order valence-corrected chi connectivity index (χ2v) is 14.8. The summed E-state index contributed by atoms with van der Waals surface area (Å²) in [4.78, 5) is 39.0. The molecule has 5 rings (SSSR count). The molecule has 0 radical (unpaired) electrons. The van der Waals surface area contributed by atoms with Crippen molar-refractivity contribution in [3.8, 4) is 0 Å². The number of fused-ring (bicyclic) bond motifs is 1. The number of aryl methyl sites for hydroxylation is 1. The maximum atomic E-state index is 13.6. The Balaban J connectivity index is 1.16. The van der Waals surface area contributed by atoms with Gasteiger partial charge in [0.1, 0.15) is 23.7 Å². The summed E-state index contributed by atoms with van der Waals surface area (Å²) in [5.41, 5.74) is 5.90.